The van der Waals surface area contributed by atoms with Crippen LogP contribution in [0.5, 0.6) is 0 Å². The van der Waals surface area contributed by atoms with Gasteiger partial charge in [0.15, 0.2) is 0 Å². The third kappa shape index (κ3) is 2.77. The molecule has 0 aliphatic heterocycles. The summed E-state index contributed by atoms with van der Waals surface area (Å²) >= 11 is 0. The second-order valence-corrected chi connectivity index (χ2v) is 5.15. The lowest BCUT2D eigenvalue weighted by atomic mass is 9.80. The number of rotatable bonds is 4. The van der Waals surface area contributed by atoms with Gasteiger partial charge in [-0.3, -0.25) is 0 Å². The van der Waals surface area contributed by atoms with Crippen LogP contribution >= 0.6 is 0 Å². The quantitative estimate of drug-likeness (QED) is 0.838. The van der Waals surface area contributed by atoms with Gasteiger partial charge in [0, 0.05) is 2.85 Å². The van der Waals surface area contributed by atoms with E-state index in [1.165, 1.54) is 11.1 Å². The molecule has 1 aliphatic rings. The Balaban J connectivity index is 0.00000121. The van der Waals surface area contributed by atoms with Crippen molar-refractivity contribution in [2.45, 2.75) is 25.6 Å². The summed E-state index contributed by atoms with van der Waals surface area (Å²) in [5.41, 5.74) is 4.23. The minimum atomic E-state index is -1.41. The van der Waals surface area contributed by atoms with E-state index in [-0.39, 0.29) is 8.96 Å². The van der Waals surface area contributed by atoms with Crippen LogP contribution in [-0.4, -0.2) is 17.2 Å². The molecule has 2 N–H and O–H groups in total. The van der Waals surface area contributed by atoms with Crippen molar-refractivity contribution in [2.75, 3.05) is 0 Å². The maximum atomic E-state index is 9.05. The summed E-state index contributed by atoms with van der Waals surface area (Å²) in [5, 5.41) is 18.1. The highest BCUT2D eigenvalue weighted by atomic mass is 16.5. The first-order valence-electron chi connectivity index (χ1n) is 6.88. The van der Waals surface area contributed by atoms with Gasteiger partial charge < -0.3 is 14.8 Å². The molecule has 0 spiro atoms. The summed E-state index contributed by atoms with van der Waals surface area (Å²) < 4.78 is 5.99. The Morgan fingerprint density at radius 3 is 2.60 bits per heavy atom. The van der Waals surface area contributed by atoms with Crippen LogP contribution in [0.25, 0.3) is 0 Å². The lowest BCUT2D eigenvalue weighted by Crippen LogP contribution is -2.29. The first-order chi connectivity index (χ1) is 9.74. The standard InChI is InChI=1S/C16H17BO3.2H2/c18-17(19)14-8-5-12(6-9-14)11-20-16-10-7-13-3-1-2-4-15(13)16;;/h1-6,8-9,16,18-19H,7,10-11H2;2*1H. The highest BCUT2D eigenvalue weighted by molar-refractivity contribution is 6.58. The Morgan fingerprint density at radius 1 is 1.10 bits per heavy atom. The first-order valence-corrected chi connectivity index (χ1v) is 6.88. The fourth-order valence-corrected chi connectivity index (χ4v) is 2.67. The van der Waals surface area contributed by atoms with Crippen molar-refractivity contribution in [2.24, 2.45) is 0 Å². The molecule has 0 saturated carbocycles. The van der Waals surface area contributed by atoms with Gasteiger partial charge in [0.25, 0.3) is 0 Å². The van der Waals surface area contributed by atoms with E-state index in [1.807, 2.05) is 12.1 Å². The van der Waals surface area contributed by atoms with E-state index in [1.54, 1.807) is 12.1 Å². The van der Waals surface area contributed by atoms with E-state index in [9.17, 15) is 0 Å². The van der Waals surface area contributed by atoms with Crippen molar-refractivity contribution in [3.05, 3.63) is 65.2 Å². The Kier molecular flexibility index (Phi) is 3.87. The van der Waals surface area contributed by atoms with E-state index >= 15 is 0 Å². The van der Waals surface area contributed by atoms with Crippen LogP contribution in [0.1, 0.15) is 32.1 Å². The van der Waals surface area contributed by atoms with E-state index < -0.39 is 7.12 Å². The molecule has 3 nitrogen and oxygen atoms in total. The fraction of sp³-hybridized carbons (Fsp3) is 0.250. The van der Waals surface area contributed by atoms with Gasteiger partial charge >= 0.3 is 7.12 Å². The van der Waals surface area contributed by atoms with Gasteiger partial charge in [-0.05, 0) is 35.0 Å². The molecule has 2 aromatic rings. The number of aryl methyl sites for hydroxylation is 1. The van der Waals surface area contributed by atoms with E-state index in [0.29, 0.717) is 12.1 Å². The zero-order valence-electron chi connectivity index (χ0n) is 11.2. The van der Waals surface area contributed by atoms with Gasteiger partial charge in [-0.2, -0.15) is 0 Å². The van der Waals surface area contributed by atoms with Crippen molar-refractivity contribution in [3.63, 3.8) is 0 Å². The molecule has 0 fully saturated rings. The van der Waals surface area contributed by atoms with Crippen molar-refractivity contribution in [1.82, 2.24) is 0 Å². The van der Waals surface area contributed by atoms with Crippen LogP contribution in [0, 0.1) is 0 Å². The third-order valence-corrected chi connectivity index (χ3v) is 3.81. The molecule has 3 rings (SSSR count). The van der Waals surface area contributed by atoms with Gasteiger partial charge in [0.2, 0.25) is 0 Å². The van der Waals surface area contributed by atoms with Crippen molar-refractivity contribution < 1.29 is 17.6 Å². The number of benzene rings is 2. The van der Waals surface area contributed by atoms with E-state index in [2.05, 4.69) is 24.3 Å². The number of hydrogen-bond donors (Lipinski definition) is 2. The van der Waals surface area contributed by atoms with Gasteiger partial charge in [-0.1, -0.05) is 48.5 Å². The zero-order chi connectivity index (χ0) is 13.9. The lowest BCUT2D eigenvalue weighted by molar-refractivity contribution is 0.0411. The fourth-order valence-electron chi connectivity index (χ4n) is 2.67. The molecule has 0 saturated heterocycles. The third-order valence-electron chi connectivity index (χ3n) is 3.81. The average Bonchev–Trinajstić information content (AvgIpc) is 2.89. The van der Waals surface area contributed by atoms with Gasteiger partial charge in [0.1, 0.15) is 0 Å². The number of hydrogen-bond acceptors (Lipinski definition) is 3. The van der Waals surface area contributed by atoms with Crippen LogP contribution in [0.15, 0.2) is 48.5 Å². The molecule has 1 atom stereocenters. The molecule has 1 aliphatic carbocycles. The zero-order valence-corrected chi connectivity index (χ0v) is 11.2. The topological polar surface area (TPSA) is 49.7 Å². The minimum absolute atomic E-state index is 0. The van der Waals surface area contributed by atoms with E-state index in [4.69, 9.17) is 14.8 Å². The lowest BCUT2D eigenvalue weighted by Gasteiger charge is -2.13. The summed E-state index contributed by atoms with van der Waals surface area (Å²) in [4.78, 5) is 0. The predicted molar refractivity (Wildman–Crippen MR) is 82.8 cm³/mol. The molecule has 0 amide bonds. The molecular formula is C16H21BO3. The summed E-state index contributed by atoms with van der Waals surface area (Å²) in [7, 11) is -1.41. The predicted octanol–water partition coefficient (Wildman–Crippen LogP) is 2.06. The number of fused-ring (bicyclic) bond motifs is 1. The Hall–Kier alpha value is -1.62. The van der Waals surface area contributed by atoms with Gasteiger partial charge in [0.05, 0.1) is 12.7 Å². The molecule has 4 heteroatoms. The number of ether oxygens (including phenoxy) is 1. The Labute approximate surface area is 122 Å². The molecule has 0 aromatic heterocycles. The largest absolute Gasteiger partial charge is 0.488 e. The van der Waals surface area contributed by atoms with Crippen LogP contribution in [-0.2, 0) is 17.8 Å². The van der Waals surface area contributed by atoms with Crippen LogP contribution in [0.2, 0.25) is 0 Å². The molecular weight excluding hydrogens is 251 g/mol. The smallest absolute Gasteiger partial charge is 0.423 e. The minimum Gasteiger partial charge on any atom is -0.423 e. The summed E-state index contributed by atoms with van der Waals surface area (Å²) in [5.74, 6) is 0. The van der Waals surface area contributed by atoms with Gasteiger partial charge in [-0.25, -0.2) is 0 Å². The molecule has 106 valence electrons. The average molecular weight is 272 g/mol. The highest BCUT2D eigenvalue weighted by Gasteiger charge is 2.22. The molecule has 0 radical (unpaired) electrons. The van der Waals surface area contributed by atoms with Crippen LogP contribution in [0.4, 0.5) is 0 Å². The molecule has 0 heterocycles. The van der Waals surface area contributed by atoms with E-state index in [0.717, 1.165) is 18.4 Å². The molecule has 2 aromatic carbocycles. The Bertz CT molecular complexity index is 590. The first kappa shape index (κ1) is 13.4. The van der Waals surface area contributed by atoms with Crippen LogP contribution < -0.4 is 5.46 Å². The van der Waals surface area contributed by atoms with Crippen molar-refractivity contribution in [1.29, 1.82) is 0 Å². The highest BCUT2D eigenvalue weighted by Crippen LogP contribution is 2.34. The summed E-state index contributed by atoms with van der Waals surface area (Å²) in [6.45, 7) is 0.542. The van der Waals surface area contributed by atoms with Crippen molar-refractivity contribution >= 4 is 12.6 Å². The monoisotopic (exact) mass is 272 g/mol. The molecule has 20 heavy (non-hydrogen) atoms. The molecule has 0 bridgehead atoms. The van der Waals surface area contributed by atoms with Crippen LogP contribution in [0.3, 0.4) is 0 Å². The van der Waals surface area contributed by atoms with Gasteiger partial charge in [-0.15, -0.1) is 0 Å². The normalized spacial score (nSPS) is 17.0. The Morgan fingerprint density at radius 2 is 1.85 bits per heavy atom. The SMILES string of the molecule is OB(O)c1ccc(COC2CCc3ccccc32)cc1.[HH].[HH]. The van der Waals surface area contributed by atoms with Crippen molar-refractivity contribution in [3.8, 4) is 0 Å². The second-order valence-electron chi connectivity index (χ2n) is 5.15. The second kappa shape index (κ2) is 5.79. The maximum Gasteiger partial charge on any atom is 0.488 e. The summed E-state index contributed by atoms with van der Waals surface area (Å²) in [6, 6.07) is 15.6. The maximum absolute atomic E-state index is 9.05. The summed E-state index contributed by atoms with van der Waals surface area (Å²) in [6.07, 6.45) is 2.29. The molecule has 1 unspecified atom stereocenters.